The Bertz CT molecular complexity index is 2170. The molecule has 3 aromatic carbocycles. The minimum atomic E-state index is -1.39. The molecular weight excluding hydrogens is 701 g/mol. The number of hydrogen-bond donors (Lipinski definition) is 3. The van der Waals surface area contributed by atoms with E-state index in [1.807, 2.05) is 17.5 Å². The molecule has 0 saturated carbocycles. The van der Waals surface area contributed by atoms with E-state index in [1.54, 1.807) is 60.0 Å². The number of nitrogens with one attached hydrogen (secondary N) is 1. The van der Waals surface area contributed by atoms with Gasteiger partial charge in [-0.25, -0.2) is 14.4 Å². The summed E-state index contributed by atoms with van der Waals surface area (Å²) in [6, 6.07) is 18.2. The zero-order valence-electron chi connectivity index (χ0n) is 26.3. The van der Waals surface area contributed by atoms with E-state index < -0.39 is 53.5 Å². The highest BCUT2D eigenvalue weighted by molar-refractivity contribution is 8.03. The number of ether oxygens (including phenoxy) is 4. The minimum Gasteiger partial charge on any atom is -0.489 e. The molecule has 13 nitrogen and oxygen atoms in total. The van der Waals surface area contributed by atoms with Crippen LogP contribution in [0, 0.1) is 0 Å². The number of carboxylic acids is 2. The van der Waals surface area contributed by atoms with Crippen molar-refractivity contribution in [3.8, 4) is 23.0 Å². The molecule has 3 N–H and O–H groups in total. The Balaban J connectivity index is 1.05. The van der Waals surface area contributed by atoms with Gasteiger partial charge in [0.2, 0.25) is 11.8 Å². The SMILES string of the molecule is O=C(O)COc1ccc2c(c1)Oc1cc(OCC3=CSC4C(NC(=O)Cc5cccs5)C(=O)N4C3C(=O)O)ccc1C21OC(=O)c2ccccc21. The summed E-state index contributed by atoms with van der Waals surface area (Å²) in [6.07, 6.45) is 0.127. The predicted octanol–water partition coefficient (Wildman–Crippen LogP) is 4.14. The summed E-state index contributed by atoms with van der Waals surface area (Å²) in [5, 5.41) is 24.9. The zero-order valence-corrected chi connectivity index (χ0v) is 27.9. The Hall–Kier alpha value is -5.80. The average Bonchev–Trinajstić information content (AvgIpc) is 3.74. The molecule has 0 aliphatic carbocycles. The number of aliphatic carboxylic acids is 2. The number of carboxylic acid groups (broad SMARTS) is 2. The van der Waals surface area contributed by atoms with Crippen molar-refractivity contribution in [3.63, 3.8) is 0 Å². The Morgan fingerprint density at radius 3 is 2.31 bits per heavy atom. The molecule has 4 aliphatic rings. The Labute approximate surface area is 297 Å². The van der Waals surface area contributed by atoms with Crippen LogP contribution in [-0.4, -0.2) is 75.5 Å². The molecule has 8 rings (SSSR count). The van der Waals surface area contributed by atoms with Gasteiger partial charge < -0.3 is 39.4 Å². The summed E-state index contributed by atoms with van der Waals surface area (Å²) in [6.45, 7) is -0.752. The maximum atomic E-state index is 13.2. The second-order valence-electron chi connectivity index (χ2n) is 12.0. The number of carbonyl (C=O) groups is 5. The molecule has 5 heterocycles. The lowest BCUT2D eigenvalue weighted by Crippen LogP contribution is -2.74. The highest BCUT2D eigenvalue weighted by Crippen LogP contribution is 2.57. The topological polar surface area (TPSA) is 178 Å². The monoisotopic (exact) mass is 726 g/mol. The first kappa shape index (κ1) is 32.4. The third kappa shape index (κ3) is 5.45. The van der Waals surface area contributed by atoms with E-state index in [2.05, 4.69) is 5.32 Å². The van der Waals surface area contributed by atoms with E-state index in [1.165, 1.54) is 34.1 Å². The van der Waals surface area contributed by atoms with E-state index in [0.717, 1.165) is 4.88 Å². The van der Waals surface area contributed by atoms with Gasteiger partial charge in [0.15, 0.2) is 18.2 Å². The summed E-state index contributed by atoms with van der Waals surface area (Å²) in [4.78, 5) is 64.6. The van der Waals surface area contributed by atoms with Crippen molar-refractivity contribution in [3.05, 3.63) is 116 Å². The highest BCUT2D eigenvalue weighted by atomic mass is 32.2. The van der Waals surface area contributed by atoms with Crippen LogP contribution in [0.2, 0.25) is 0 Å². The lowest BCUT2D eigenvalue weighted by atomic mass is 9.77. The van der Waals surface area contributed by atoms with Crippen molar-refractivity contribution < 1.29 is 53.1 Å². The van der Waals surface area contributed by atoms with Crippen molar-refractivity contribution in [2.75, 3.05) is 13.2 Å². The lowest BCUT2D eigenvalue weighted by molar-refractivity contribution is -0.160. The normalized spacial score (nSPS) is 22.2. The molecule has 0 bridgehead atoms. The van der Waals surface area contributed by atoms with Gasteiger partial charge in [-0.2, -0.15) is 0 Å². The lowest BCUT2D eigenvalue weighted by Gasteiger charge is -2.51. The van der Waals surface area contributed by atoms with E-state index in [9.17, 15) is 29.1 Å². The molecule has 1 fully saturated rings. The van der Waals surface area contributed by atoms with Crippen LogP contribution in [0.3, 0.4) is 0 Å². The van der Waals surface area contributed by atoms with Gasteiger partial charge in [-0.1, -0.05) is 24.3 Å². The number of carbonyl (C=O) groups excluding carboxylic acids is 3. The molecule has 1 aromatic heterocycles. The summed E-state index contributed by atoms with van der Waals surface area (Å²) in [5.41, 5.74) is 0.939. The van der Waals surface area contributed by atoms with Crippen molar-refractivity contribution in [2.24, 2.45) is 0 Å². The van der Waals surface area contributed by atoms with Crippen LogP contribution in [-0.2, 0) is 35.9 Å². The smallest absolute Gasteiger partial charge is 0.341 e. The summed E-state index contributed by atoms with van der Waals surface area (Å²) in [7, 11) is 0. The summed E-state index contributed by atoms with van der Waals surface area (Å²) in [5.74, 6) is -2.66. The zero-order chi connectivity index (χ0) is 35.4. The first-order chi connectivity index (χ1) is 24.6. The number of thioether (sulfide) groups is 1. The minimum absolute atomic E-state index is 0.127. The molecule has 258 valence electrons. The predicted molar refractivity (Wildman–Crippen MR) is 181 cm³/mol. The van der Waals surface area contributed by atoms with Gasteiger partial charge in [-0.15, -0.1) is 23.1 Å². The molecule has 4 unspecified atom stereocenters. The number of thiophene rings is 1. The van der Waals surface area contributed by atoms with Gasteiger partial charge in [0.25, 0.3) is 0 Å². The number of fused-ring (bicyclic) bond motifs is 7. The van der Waals surface area contributed by atoms with Crippen LogP contribution in [0.4, 0.5) is 0 Å². The number of benzene rings is 3. The van der Waals surface area contributed by atoms with Gasteiger partial charge in [0.1, 0.15) is 41.0 Å². The van der Waals surface area contributed by atoms with E-state index in [-0.39, 0.29) is 36.2 Å². The van der Waals surface area contributed by atoms with Crippen LogP contribution in [0.1, 0.15) is 31.9 Å². The molecular formula is C36H26N2O11S2. The summed E-state index contributed by atoms with van der Waals surface area (Å²) >= 11 is 2.67. The van der Waals surface area contributed by atoms with Gasteiger partial charge in [0.05, 0.1) is 12.0 Å². The number of nitrogens with zero attached hydrogens (tertiary/aromatic N) is 1. The van der Waals surface area contributed by atoms with Crippen LogP contribution in [0.15, 0.2) is 89.2 Å². The Morgan fingerprint density at radius 1 is 0.902 bits per heavy atom. The second-order valence-corrected chi connectivity index (χ2v) is 14.0. The maximum Gasteiger partial charge on any atom is 0.341 e. The number of rotatable bonds is 10. The molecule has 4 aliphatic heterocycles. The third-order valence-electron chi connectivity index (χ3n) is 8.96. The number of β-lactam (4-membered cyclic amide) rings is 1. The molecule has 2 amide bonds. The van der Waals surface area contributed by atoms with Gasteiger partial charge in [-0.3, -0.25) is 9.59 Å². The fourth-order valence-corrected chi connectivity index (χ4v) is 8.67. The van der Waals surface area contributed by atoms with Gasteiger partial charge >= 0.3 is 17.9 Å². The quantitative estimate of drug-likeness (QED) is 0.158. The maximum absolute atomic E-state index is 13.2. The van der Waals surface area contributed by atoms with Crippen LogP contribution < -0.4 is 19.5 Å². The number of esters is 1. The van der Waals surface area contributed by atoms with Crippen LogP contribution in [0.25, 0.3) is 0 Å². The second kappa shape index (κ2) is 12.5. The van der Waals surface area contributed by atoms with Crippen molar-refractivity contribution in [2.45, 2.75) is 29.5 Å². The van der Waals surface area contributed by atoms with E-state index in [4.69, 9.17) is 24.1 Å². The number of hydrogen-bond acceptors (Lipinski definition) is 11. The van der Waals surface area contributed by atoms with E-state index in [0.29, 0.717) is 33.6 Å². The van der Waals surface area contributed by atoms with Crippen molar-refractivity contribution in [1.29, 1.82) is 0 Å². The first-order valence-corrected chi connectivity index (χ1v) is 17.4. The molecule has 0 radical (unpaired) electrons. The molecule has 1 spiro atoms. The third-order valence-corrected chi connectivity index (χ3v) is 11.1. The Kier molecular flexibility index (Phi) is 7.95. The molecule has 51 heavy (non-hydrogen) atoms. The van der Waals surface area contributed by atoms with Gasteiger partial charge in [0, 0.05) is 39.3 Å². The molecule has 15 heteroatoms. The first-order valence-electron chi connectivity index (χ1n) is 15.6. The average molecular weight is 727 g/mol. The fraction of sp³-hybridized carbons (Fsp3) is 0.194. The van der Waals surface area contributed by atoms with Crippen LogP contribution in [0.5, 0.6) is 23.0 Å². The highest BCUT2D eigenvalue weighted by Gasteiger charge is 2.56. The fourth-order valence-electron chi connectivity index (χ4n) is 6.75. The van der Waals surface area contributed by atoms with Crippen molar-refractivity contribution in [1.82, 2.24) is 10.2 Å². The largest absolute Gasteiger partial charge is 0.489 e. The standard InChI is InChI=1S/C36H26N2O11S2/c39-28(14-21-4-3-11-50-21)37-30-32(42)38-31(34(43)44)18(17-51-33(30)38)15-46-19-7-9-24-26(12-19)48-27-13-20(47-16-29(40)41)8-10-25(27)36(24)23-6-2-1-5-22(23)35(45)49-36/h1-13,17,30-31,33H,14-16H2,(H,37,39)(H,40,41)(H,43,44). The van der Waals surface area contributed by atoms with Crippen molar-refractivity contribution >= 4 is 52.8 Å². The molecule has 4 aromatic rings. The number of amides is 2. The molecule has 4 atom stereocenters. The summed E-state index contributed by atoms with van der Waals surface area (Å²) < 4.78 is 23.9. The van der Waals surface area contributed by atoms with Crippen LogP contribution >= 0.6 is 23.1 Å². The van der Waals surface area contributed by atoms with Gasteiger partial charge in [-0.05, 0) is 47.2 Å². The molecule has 1 saturated heterocycles. The Morgan fingerprint density at radius 2 is 1.63 bits per heavy atom. The van der Waals surface area contributed by atoms with E-state index >= 15 is 0 Å².